The zero-order valence-corrected chi connectivity index (χ0v) is 6.71. The lowest BCUT2D eigenvalue weighted by atomic mass is 10.1. The highest BCUT2D eigenvalue weighted by Gasteiger charge is 2.08. The molecule has 0 spiro atoms. The van der Waals surface area contributed by atoms with Gasteiger partial charge in [0.1, 0.15) is 0 Å². The Morgan fingerprint density at radius 3 is 2.64 bits per heavy atom. The number of aliphatic carboxylic acids is 1. The fourth-order valence-corrected chi connectivity index (χ4v) is 0.840. The van der Waals surface area contributed by atoms with Crippen LogP contribution in [0.15, 0.2) is 0 Å². The second-order valence-corrected chi connectivity index (χ2v) is 2.38. The highest BCUT2D eigenvalue weighted by molar-refractivity contribution is 5.67. The van der Waals surface area contributed by atoms with Gasteiger partial charge in [0.2, 0.25) is 0 Å². The maximum Gasteiger partial charge on any atom is 0.304 e. The van der Waals surface area contributed by atoms with E-state index in [2.05, 4.69) is 5.32 Å². The minimum atomic E-state index is -0.803. The van der Waals surface area contributed by atoms with Crippen LogP contribution in [0, 0.1) is 0 Å². The Morgan fingerprint density at radius 1 is 1.64 bits per heavy atom. The van der Waals surface area contributed by atoms with E-state index in [0.717, 1.165) is 6.42 Å². The van der Waals surface area contributed by atoms with Crippen molar-refractivity contribution in [1.29, 1.82) is 0 Å². The molecule has 11 heavy (non-hydrogen) atoms. The molecule has 66 valence electrons. The smallest absolute Gasteiger partial charge is 0.304 e. The molecule has 0 aliphatic rings. The third-order valence-electron chi connectivity index (χ3n) is 1.46. The van der Waals surface area contributed by atoms with Crippen molar-refractivity contribution in [3.8, 4) is 0 Å². The van der Waals surface area contributed by atoms with Gasteiger partial charge in [-0.1, -0.05) is 6.92 Å². The van der Waals surface area contributed by atoms with Crippen molar-refractivity contribution in [3.63, 3.8) is 0 Å². The van der Waals surface area contributed by atoms with Crippen molar-refractivity contribution >= 4 is 5.97 Å². The minimum absolute atomic E-state index is 0.0142. The van der Waals surface area contributed by atoms with Crippen LogP contribution in [-0.4, -0.2) is 35.4 Å². The molecule has 0 amide bonds. The molecule has 0 aliphatic heterocycles. The molecule has 3 N–H and O–H groups in total. The Morgan fingerprint density at radius 2 is 2.27 bits per heavy atom. The van der Waals surface area contributed by atoms with Gasteiger partial charge < -0.3 is 15.5 Å². The van der Waals surface area contributed by atoms with Gasteiger partial charge >= 0.3 is 5.97 Å². The van der Waals surface area contributed by atoms with Gasteiger partial charge in [-0.15, -0.1) is 0 Å². The molecular formula is C7H15NO3. The van der Waals surface area contributed by atoms with Crippen LogP contribution in [-0.2, 0) is 4.79 Å². The van der Waals surface area contributed by atoms with Crippen molar-refractivity contribution in [2.75, 3.05) is 13.2 Å². The highest BCUT2D eigenvalue weighted by atomic mass is 16.4. The standard InChI is InChI=1S/C7H15NO3/c1-2-6(5-7(10)11)8-3-4-9/h6,8-9H,2-5H2,1H3,(H,10,11). The van der Waals surface area contributed by atoms with Crippen LogP contribution in [0.4, 0.5) is 0 Å². The molecule has 0 fully saturated rings. The number of aliphatic hydroxyl groups is 1. The quantitative estimate of drug-likeness (QED) is 0.505. The lowest BCUT2D eigenvalue weighted by Gasteiger charge is -2.12. The average Bonchev–Trinajstić information content (AvgIpc) is 1.97. The number of nitrogens with one attached hydrogen (secondary N) is 1. The van der Waals surface area contributed by atoms with Crippen LogP contribution in [0.25, 0.3) is 0 Å². The second kappa shape index (κ2) is 6.12. The molecule has 4 nitrogen and oxygen atoms in total. The first kappa shape index (κ1) is 10.4. The Balaban J connectivity index is 3.49. The summed E-state index contributed by atoms with van der Waals surface area (Å²) in [5.74, 6) is -0.803. The van der Waals surface area contributed by atoms with Gasteiger partial charge in [-0.05, 0) is 6.42 Å². The summed E-state index contributed by atoms with van der Waals surface area (Å²) in [6, 6.07) is -0.0142. The van der Waals surface area contributed by atoms with Gasteiger partial charge in [0, 0.05) is 12.6 Å². The number of hydrogen-bond donors (Lipinski definition) is 3. The summed E-state index contributed by atoms with van der Waals surface area (Å²) in [6.07, 6.45) is 0.892. The second-order valence-electron chi connectivity index (χ2n) is 2.38. The number of aliphatic hydroxyl groups excluding tert-OH is 1. The van der Waals surface area contributed by atoms with E-state index in [1.54, 1.807) is 0 Å². The van der Waals surface area contributed by atoms with E-state index in [0.29, 0.717) is 6.54 Å². The first-order valence-corrected chi connectivity index (χ1v) is 3.76. The zero-order chi connectivity index (χ0) is 8.69. The lowest BCUT2D eigenvalue weighted by molar-refractivity contribution is -0.137. The molecule has 4 heteroatoms. The van der Waals surface area contributed by atoms with E-state index >= 15 is 0 Å². The first-order valence-electron chi connectivity index (χ1n) is 3.76. The first-order chi connectivity index (χ1) is 5.20. The van der Waals surface area contributed by atoms with Crippen LogP contribution in [0.3, 0.4) is 0 Å². The van der Waals surface area contributed by atoms with Gasteiger partial charge in [-0.2, -0.15) is 0 Å². The molecule has 0 aromatic heterocycles. The molecule has 0 saturated heterocycles. The van der Waals surface area contributed by atoms with Crippen molar-refractivity contribution in [2.24, 2.45) is 0 Å². The van der Waals surface area contributed by atoms with E-state index in [-0.39, 0.29) is 19.1 Å². The fourth-order valence-electron chi connectivity index (χ4n) is 0.840. The van der Waals surface area contributed by atoms with E-state index in [1.807, 2.05) is 6.92 Å². The Kier molecular flexibility index (Phi) is 5.78. The lowest BCUT2D eigenvalue weighted by Crippen LogP contribution is -2.32. The number of carbonyl (C=O) groups is 1. The maximum atomic E-state index is 10.2. The largest absolute Gasteiger partial charge is 0.481 e. The molecule has 0 aliphatic carbocycles. The molecule has 0 saturated carbocycles. The summed E-state index contributed by atoms with van der Waals surface area (Å²) < 4.78 is 0. The maximum absolute atomic E-state index is 10.2. The van der Waals surface area contributed by atoms with Gasteiger partial charge in [-0.3, -0.25) is 4.79 Å². The number of hydrogen-bond acceptors (Lipinski definition) is 3. The van der Waals surface area contributed by atoms with Crippen LogP contribution < -0.4 is 5.32 Å². The molecule has 1 unspecified atom stereocenters. The number of rotatable bonds is 6. The SMILES string of the molecule is CCC(CC(=O)O)NCCO. The summed E-state index contributed by atoms with van der Waals surface area (Å²) in [4.78, 5) is 10.2. The average molecular weight is 161 g/mol. The third kappa shape index (κ3) is 5.82. The summed E-state index contributed by atoms with van der Waals surface area (Å²) in [7, 11) is 0. The molecule has 0 radical (unpaired) electrons. The summed E-state index contributed by atoms with van der Waals surface area (Å²) in [6.45, 7) is 2.43. The predicted molar refractivity (Wildman–Crippen MR) is 41.4 cm³/mol. The summed E-state index contributed by atoms with van der Waals surface area (Å²) >= 11 is 0. The van der Waals surface area contributed by atoms with E-state index < -0.39 is 5.97 Å². The van der Waals surface area contributed by atoms with Crippen LogP contribution in [0.1, 0.15) is 19.8 Å². The van der Waals surface area contributed by atoms with Crippen LogP contribution >= 0.6 is 0 Å². The third-order valence-corrected chi connectivity index (χ3v) is 1.46. The van der Waals surface area contributed by atoms with Crippen molar-refractivity contribution in [1.82, 2.24) is 5.32 Å². The topological polar surface area (TPSA) is 69.6 Å². The van der Waals surface area contributed by atoms with Crippen molar-refractivity contribution in [2.45, 2.75) is 25.8 Å². The van der Waals surface area contributed by atoms with Crippen molar-refractivity contribution in [3.05, 3.63) is 0 Å². The zero-order valence-electron chi connectivity index (χ0n) is 6.71. The van der Waals surface area contributed by atoms with Gasteiger partial charge in [0.05, 0.1) is 13.0 Å². The molecule has 0 heterocycles. The summed E-state index contributed by atoms with van der Waals surface area (Å²) in [5.41, 5.74) is 0. The normalized spacial score (nSPS) is 12.9. The van der Waals surface area contributed by atoms with Crippen LogP contribution in [0.5, 0.6) is 0 Å². The number of carboxylic acid groups (broad SMARTS) is 1. The van der Waals surface area contributed by atoms with E-state index in [1.165, 1.54) is 0 Å². The van der Waals surface area contributed by atoms with Gasteiger partial charge in [-0.25, -0.2) is 0 Å². The number of carboxylic acids is 1. The van der Waals surface area contributed by atoms with E-state index in [9.17, 15) is 4.79 Å². The fraction of sp³-hybridized carbons (Fsp3) is 0.857. The molecular weight excluding hydrogens is 146 g/mol. The molecule has 0 aromatic rings. The predicted octanol–water partition coefficient (Wildman–Crippen LogP) is -0.178. The molecule has 1 atom stereocenters. The Labute approximate surface area is 66.2 Å². The molecule has 0 aromatic carbocycles. The Hall–Kier alpha value is -0.610. The van der Waals surface area contributed by atoms with E-state index in [4.69, 9.17) is 10.2 Å². The van der Waals surface area contributed by atoms with Gasteiger partial charge in [0.25, 0.3) is 0 Å². The monoisotopic (exact) mass is 161 g/mol. The molecule has 0 rings (SSSR count). The van der Waals surface area contributed by atoms with Crippen molar-refractivity contribution < 1.29 is 15.0 Å². The van der Waals surface area contributed by atoms with Crippen LogP contribution in [0.2, 0.25) is 0 Å². The van der Waals surface area contributed by atoms with Gasteiger partial charge in [0.15, 0.2) is 0 Å². The molecule has 0 bridgehead atoms. The Bertz CT molecular complexity index is 116. The minimum Gasteiger partial charge on any atom is -0.481 e. The summed E-state index contributed by atoms with van der Waals surface area (Å²) in [5, 5.41) is 19.8. The highest BCUT2D eigenvalue weighted by Crippen LogP contribution is 1.96.